The molecule has 0 radical (unpaired) electrons. The number of likely N-dealkylation sites (tertiary alicyclic amines) is 1. The van der Waals surface area contributed by atoms with Gasteiger partial charge in [-0.1, -0.05) is 0 Å². The van der Waals surface area contributed by atoms with Gasteiger partial charge in [0.1, 0.15) is 12.4 Å². The highest BCUT2D eigenvalue weighted by Gasteiger charge is 2.20. The summed E-state index contributed by atoms with van der Waals surface area (Å²) in [5, 5.41) is 3.35. The summed E-state index contributed by atoms with van der Waals surface area (Å²) < 4.78 is 20.2. The zero-order valence-corrected chi connectivity index (χ0v) is 18.6. The SMILES string of the molecule is Cc1cc(C(=O)Nc2ccc3oc(=O)n(CC(=O)N4CCCCC4)c3c2)c2ccc(F)cc2n1. The standard InChI is InChI=1S/C25H23FN4O4/c1-15-11-19(18-7-5-16(26)12-20(18)27-15)24(32)28-17-6-8-22-21(13-17)30(25(33)34-22)14-23(31)29-9-3-2-4-10-29/h5-8,11-13H,2-4,9-10,14H2,1H3,(H,28,32). The van der Waals surface area contributed by atoms with Crippen molar-refractivity contribution in [2.24, 2.45) is 0 Å². The minimum Gasteiger partial charge on any atom is -0.408 e. The van der Waals surface area contributed by atoms with Crippen LogP contribution in [0.15, 0.2) is 51.7 Å². The summed E-state index contributed by atoms with van der Waals surface area (Å²) >= 11 is 0. The Morgan fingerprint density at radius 2 is 1.88 bits per heavy atom. The third-order valence-electron chi connectivity index (χ3n) is 6.07. The predicted molar refractivity (Wildman–Crippen MR) is 125 cm³/mol. The second kappa shape index (κ2) is 8.74. The maximum absolute atomic E-state index is 13.6. The van der Waals surface area contributed by atoms with E-state index in [4.69, 9.17) is 4.42 Å². The van der Waals surface area contributed by atoms with Gasteiger partial charge in [-0.25, -0.2) is 9.18 Å². The molecule has 2 amide bonds. The molecule has 174 valence electrons. The molecule has 2 aromatic heterocycles. The summed E-state index contributed by atoms with van der Waals surface area (Å²) in [6, 6.07) is 10.5. The largest absolute Gasteiger partial charge is 0.420 e. The molecule has 1 aliphatic rings. The molecule has 2 aromatic carbocycles. The number of pyridine rings is 1. The van der Waals surface area contributed by atoms with E-state index in [-0.39, 0.29) is 12.5 Å². The van der Waals surface area contributed by atoms with Crippen LogP contribution < -0.4 is 11.1 Å². The Labute approximate surface area is 194 Å². The smallest absolute Gasteiger partial charge is 0.408 e. The van der Waals surface area contributed by atoms with Gasteiger partial charge in [0.05, 0.1) is 16.6 Å². The minimum atomic E-state index is -0.624. The summed E-state index contributed by atoms with van der Waals surface area (Å²) in [5.41, 5.74) is 2.51. The lowest BCUT2D eigenvalue weighted by Crippen LogP contribution is -2.39. The van der Waals surface area contributed by atoms with Gasteiger partial charge in [-0.2, -0.15) is 0 Å². The maximum Gasteiger partial charge on any atom is 0.420 e. The van der Waals surface area contributed by atoms with Gasteiger partial charge in [-0.05, 0) is 62.6 Å². The van der Waals surface area contributed by atoms with Gasteiger partial charge in [0.15, 0.2) is 5.58 Å². The number of amides is 2. The monoisotopic (exact) mass is 462 g/mol. The summed E-state index contributed by atoms with van der Waals surface area (Å²) in [6.45, 7) is 2.99. The zero-order chi connectivity index (χ0) is 23.8. The van der Waals surface area contributed by atoms with Gasteiger partial charge in [0.25, 0.3) is 5.91 Å². The van der Waals surface area contributed by atoms with Crippen molar-refractivity contribution in [3.05, 3.63) is 70.1 Å². The first kappa shape index (κ1) is 21.8. The molecule has 4 aromatic rings. The Bertz CT molecular complexity index is 1480. The number of rotatable bonds is 4. The molecule has 1 fully saturated rings. The van der Waals surface area contributed by atoms with Gasteiger partial charge in [0.2, 0.25) is 5.91 Å². The van der Waals surface area contributed by atoms with Crippen molar-refractivity contribution < 1.29 is 18.4 Å². The fraction of sp³-hybridized carbons (Fsp3) is 0.280. The molecule has 0 aliphatic carbocycles. The lowest BCUT2D eigenvalue weighted by atomic mass is 10.1. The lowest BCUT2D eigenvalue weighted by molar-refractivity contribution is -0.132. The Balaban J connectivity index is 1.44. The second-order valence-corrected chi connectivity index (χ2v) is 8.50. The van der Waals surface area contributed by atoms with Crippen molar-refractivity contribution in [2.75, 3.05) is 18.4 Å². The zero-order valence-electron chi connectivity index (χ0n) is 18.6. The quantitative estimate of drug-likeness (QED) is 0.497. The summed E-state index contributed by atoms with van der Waals surface area (Å²) in [4.78, 5) is 44.3. The number of piperidine rings is 1. The van der Waals surface area contributed by atoms with E-state index in [0.717, 1.165) is 19.3 Å². The number of anilines is 1. The normalized spacial score (nSPS) is 14.0. The number of aromatic nitrogens is 2. The van der Waals surface area contributed by atoms with Crippen LogP contribution in [0.4, 0.5) is 10.1 Å². The summed E-state index contributed by atoms with van der Waals surface area (Å²) in [6.07, 6.45) is 3.01. The molecule has 0 saturated carbocycles. The number of hydrogen-bond donors (Lipinski definition) is 1. The molecule has 8 nitrogen and oxygen atoms in total. The van der Waals surface area contributed by atoms with E-state index < -0.39 is 17.5 Å². The van der Waals surface area contributed by atoms with Crippen molar-refractivity contribution in [2.45, 2.75) is 32.7 Å². The third-order valence-corrected chi connectivity index (χ3v) is 6.07. The highest BCUT2D eigenvalue weighted by Crippen LogP contribution is 2.23. The van der Waals surface area contributed by atoms with Gasteiger partial charge in [-0.15, -0.1) is 0 Å². The third kappa shape index (κ3) is 4.16. The van der Waals surface area contributed by atoms with Crippen molar-refractivity contribution in [1.29, 1.82) is 0 Å². The molecule has 0 spiro atoms. The predicted octanol–water partition coefficient (Wildman–Crippen LogP) is 3.86. The number of oxazole rings is 1. The van der Waals surface area contributed by atoms with Crippen LogP contribution in [0.3, 0.4) is 0 Å². The van der Waals surface area contributed by atoms with Crippen LogP contribution in [0, 0.1) is 12.7 Å². The van der Waals surface area contributed by atoms with Gasteiger partial charge in [-0.3, -0.25) is 19.1 Å². The number of benzene rings is 2. The summed E-state index contributed by atoms with van der Waals surface area (Å²) in [5.74, 6) is -1.59. The fourth-order valence-corrected chi connectivity index (χ4v) is 4.39. The average Bonchev–Trinajstić information content (AvgIpc) is 3.13. The topological polar surface area (TPSA) is 97.4 Å². The molecule has 34 heavy (non-hydrogen) atoms. The Kier molecular flexibility index (Phi) is 5.61. The van der Waals surface area contributed by atoms with Crippen LogP contribution in [-0.4, -0.2) is 39.4 Å². The Hall–Kier alpha value is -4.01. The van der Waals surface area contributed by atoms with E-state index in [1.165, 1.54) is 22.8 Å². The molecule has 1 N–H and O–H groups in total. The highest BCUT2D eigenvalue weighted by molar-refractivity contribution is 6.12. The van der Waals surface area contributed by atoms with E-state index in [1.54, 1.807) is 36.1 Å². The molecule has 9 heteroatoms. The first-order valence-electron chi connectivity index (χ1n) is 11.2. The fourth-order valence-electron chi connectivity index (χ4n) is 4.39. The number of nitrogens with zero attached hydrogens (tertiary/aromatic N) is 3. The minimum absolute atomic E-state index is 0.122. The first-order valence-corrected chi connectivity index (χ1v) is 11.2. The number of hydrogen-bond acceptors (Lipinski definition) is 5. The maximum atomic E-state index is 13.6. The Morgan fingerprint density at radius 3 is 2.68 bits per heavy atom. The first-order chi connectivity index (χ1) is 16.4. The van der Waals surface area contributed by atoms with Gasteiger partial charge in [0, 0.05) is 35.9 Å². The van der Waals surface area contributed by atoms with E-state index >= 15 is 0 Å². The average molecular weight is 462 g/mol. The summed E-state index contributed by atoms with van der Waals surface area (Å²) in [7, 11) is 0. The number of aryl methyl sites for hydroxylation is 1. The number of carbonyl (C=O) groups excluding carboxylic acids is 2. The molecule has 5 rings (SSSR count). The molecular formula is C25H23FN4O4. The van der Waals surface area contributed by atoms with Crippen molar-refractivity contribution in [1.82, 2.24) is 14.5 Å². The Morgan fingerprint density at radius 1 is 1.09 bits per heavy atom. The molecule has 1 saturated heterocycles. The van der Waals surface area contributed by atoms with E-state index in [2.05, 4.69) is 10.3 Å². The molecular weight excluding hydrogens is 439 g/mol. The van der Waals surface area contributed by atoms with Crippen LogP contribution in [-0.2, 0) is 11.3 Å². The molecule has 0 bridgehead atoms. The molecule has 1 aliphatic heterocycles. The van der Waals surface area contributed by atoms with Crippen LogP contribution in [0.2, 0.25) is 0 Å². The van der Waals surface area contributed by atoms with Crippen LogP contribution in [0.5, 0.6) is 0 Å². The van der Waals surface area contributed by atoms with Gasteiger partial charge >= 0.3 is 5.76 Å². The molecule has 0 unspecified atom stereocenters. The van der Waals surface area contributed by atoms with Crippen molar-refractivity contribution in [3.8, 4) is 0 Å². The second-order valence-electron chi connectivity index (χ2n) is 8.50. The number of fused-ring (bicyclic) bond motifs is 2. The van der Waals surface area contributed by atoms with Crippen molar-refractivity contribution >= 4 is 39.5 Å². The van der Waals surface area contributed by atoms with E-state index in [9.17, 15) is 18.8 Å². The van der Waals surface area contributed by atoms with Crippen LogP contribution in [0.1, 0.15) is 35.3 Å². The number of halogens is 1. The van der Waals surface area contributed by atoms with Crippen molar-refractivity contribution in [3.63, 3.8) is 0 Å². The van der Waals surface area contributed by atoms with Crippen LogP contribution in [0.25, 0.3) is 22.0 Å². The molecule has 3 heterocycles. The highest BCUT2D eigenvalue weighted by atomic mass is 19.1. The lowest BCUT2D eigenvalue weighted by Gasteiger charge is -2.26. The molecule has 0 atom stereocenters. The number of carbonyl (C=O) groups is 2. The number of nitrogens with one attached hydrogen (secondary N) is 1. The van der Waals surface area contributed by atoms with E-state index in [0.29, 0.717) is 52.0 Å². The van der Waals surface area contributed by atoms with E-state index in [1.807, 2.05) is 0 Å². The van der Waals surface area contributed by atoms with Gasteiger partial charge < -0.3 is 14.6 Å². The van der Waals surface area contributed by atoms with Crippen LogP contribution >= 0.6 is 0 Å².